The summed E-state index contributed by atoms with van der Waals surface area (Å²) in [6.45, 7) is 27.0. The molecule has 0 radical (unpaired) electrons. The summed E-state index contributed by atoms with van der Waals surface area (Å²) < 4.78 is 0. The molecule has 0 aromatic heterocycles. The van der Waals surface area contributed by atoms with Gasteiger partial charge in [-0.05, 0) is 106 Å². The Hall–Kier alpha value is -2.73. The molecule has 0 aliphatic carbocycles. The Labute approximate surface area is 403 Å². The molecule has 0 heterocycles. The van der Waals surface area contributed by atoms with Gasteiger partial charge in [0.2, 0.25) is 0 Å². The molecule has 0 atom stereocenters. The molecule has 352 valence electrons. The number of benzene rings is 4. The molecule has 2 N–H and O–H groups in total. The zero-order valence-electron chi connectivity index (χ0n) is 41.1. The predicted molar refractivity (Wildman–Crippen MR) is 265 cm³/mol. The first-order chi connectivity index (χ1) is 29.2. The Balaban J connectivity index is 0.000000427. The van der Waals surface area contributed by atoms with Crippen molar-refractivity contribution in [2.75, 3.05) is 0 Å². The van der Waals surface area contributed by atoms with Crippen LogP contribution in [0.4, 0.5) is 0 Å². The normalized spacial score (nSPS) is 12.1. The molecule has 4 nitrogen and oxygen atoms in total. The van der Waals surface area contributed by atoms with Crippen LogP contribution in [0.15, 0.2) is 92.4 Å². The summed E-state index contributed by atoms with van der Waals surface area (Å²) in [5.41, 5.74) is 4.97. The van der Waals surface area contributed by atoms with Crippen molar-refractivity contribution in [3.05, 3.63) is 95.1 Å². The van der Waals surface area contributed by atoms with Crippen LogP contribution in [0.2, 0.25) is 0 Å². The number of aromatic hydroxyl groups is 2. The van der Waals surface area contributed by atoms with Gasteiger partial charge in [0.25, 0.3) is 0 Å². The summed E-state index contributed by atoms with van der Waals surface area (Å²) in [7, 11) is 0. The molecule has 0 bridgehead atoms. The second-order valence-corrected chi connectivity index (χ2v) is 22.4. The molecule has 0 fully saturated rings. The molecule has 0 unspecified atom stereocenters. The smallest absolute Gasteiger partial charge is 0.872 e. The Morgan fingerprint density at radius 2 is 0.619 bits per heavy atom. The van der Waals surface area contributed by atoms with E-state index in [0.29, 0.717) is 9.79 Å². The minimum Gasteiger partial charge on any atom is -0.872 e. The topological polar surface area (TPSA) is 86.6 Å². The Morgan fingerprint density at radius 3 is 0.873 bits per heavy atom. The van der Waals surface area contributed by atoms with E-state index in [9.17, 15) is 20.4 Å². The van der Waals surface area contributed by atoms with Crippen LogP contribution in [0.5, 0.6) is 23.0 Å². The maximum Gasteiger partial charge on any atom is 2.00 e. The molecule has 7 heteroatoms. The molecule has 0 spiro atoms. The van der Waals surface area contributed by atoms with Gasteiger partial charge in [-0.1, -0.05) is 232 Å². The van der Waals surface area contributed by atoms with Crippen LogP contribution in [-0.2, 0) is 38.2 Å². The summed E-state index contributed by atoms with van der Waals surface area (Å²) in [6.07, 6.45) is 19.0. The summed E-state index contributed by atoms with van der Waals surface area (Å²) in [4.78, 5) is 2.91. The molecule has 0 saturated heterocycles. The van der Waals surface area contributed by atoms with Crippen LogP contribution in [-0.4, -0.2) is 10.2 Å². The van der Waals surface area contributed by atoms with Crippen LogP contribution in [0.25, 0.3) is 0 Å². The summed E-state index contributed by atoms with van der Waals surface area (Å²) in [5, 5.41) is 46.3. The van der Waals surface area contributed by atoms with Gasteiger partial charge in [-0.3, -0.25) is 0 Å². The predicted octanol–water partition coefficient (Wildman–Crippen LogP) is 16.7. The van der Waals surface area contributed by atoms with Gasteiger partial charge in [0.05, 0.1) is 9.79 Å². The van der Waals surface area contributed by atoms with Crippen molar-refractivity contribution in [2.45, 2.75) is 227 Å². The average Bonchev–Trinajstić information content (AvgIpc) is 3.21. The van der Waals surface area contributed by atoms with Crippen LogP contribution in [0.3, 0.4) is 0 Å². The van der Waals surface area contributed by atoms with Crippen molar-refractivity contribution in [1.29, 1.82) is 0 Å². The summed E-state index contributed by atoms with van der Waals surface area (Å²) in [6, 6.07) is 23.2. The first-order valence-electron chi connectivity index (χ1n) is 23.9. The van der Waals surface area contributed by atoms with Crippen molar-refractivity contribution < 1.29 is 36.9 Å². The molecule has 0 aliphatic rings. The number of phenolic OH excluding ortho intramolecular Hbond substituents is 2. The summed E-state index contributed by atoms with van der Waals surface area (Å²) >= 11 is 2.79. The largest absolute Gasteiger partial charge is 2.00 e. The molecule has 4 aromatic rings. The first-order valence-corrected chi connectivity index (χ1v) is 25.5. The van der Waals surface area contributed by atoms with E-state index in [1.165, 1.54) is 123 Å². The molecule has 0 aliphatic heterocycles. The minimum absolute atomic E-state index is 0. The third-order valence-corrected chi connectivity index (χ3v) is 15.2. The van der Waals surface area contributed by atoms with Crippen LogP contribution >= 0.6 is 23.5 Å². The number of unbranched alkanes of at least 4 members (excludes halogenated alkanes) is 8. The fourth-order valence-corrected chi connectivity index (χ4v) is 10.0. The molecule has 4 aromatic carbocycles. The molecule has 0 saturated carbocycles. The van der Waals surface area contributed by atoms with E-state index < -0.39 is 0 Å². The standard InChI is InChI=1S/2C28H42O2S.Ni/c2*1-7-9-11-17-27(3,4)21-13-15-23(29)25(19-21)31-26-20-22(14-16-24(26)30)28(5,6)18-12-10-8-2;/h2*13-16,19-20,29-30H,7-12,17-18H2,1-6H3;/q;;+2/p-2. The molecule has 0 amide bonds. The number of rotatable bonds is 24. The quantitative estimate of drug-likeness (QED) is 0.0538. The van der Waals surface area contributed by atoms with E-state index in [0.717, 1.165) is 35.5 Å². The van der Waals surface area contributed by atoms with Gasteiger partial charge >= 0.3 is 16.5 Å². The van der Waals surface area contributed by atoms with Gasteiger partial charge in [-0.25, -0.2) is 0 Å². The fourth-order valence-electron chi connectivity index (χ4n) is 8.13. The molecule has 63 heavy (non-hydrogen) atoms. The van der Waals surface area contributed by atoms with E-state index in [-0.39, 0.29) is 61.1 Å². The number of hydrogen-bond donors (Lipinski definition) is 2. The number of phenols is 2. The third kappa shape index (κ3) is 17.5. The molecular formula is C56H82NiO4S2. The zero-order valence-corrected chi connectivity index (χ0v) is 43.7. The van der Waals surface area contributed by atoms with E-state index in [2.05, 4.69) is 95.2 Å². The second kappa shape index (κ2) is 26.4. The second-order valence-electron chi connectivity index (χ2n) is 20.3. The van der Waals surface area contributed by atoms with Gasteiger partial charge in [-0.2, -0.15) is 0 Å². The van der Waals surface area contributed by atoms with Crippen molar-refractivity contribution in [3.63, 3.8) is 0 Å². The van der Waals surface area contributed by atoms with Crippen molar-refractivity contribution >= 4 is 23.5 Å². The first kappa shape index (κ1) is 56.4. The van der Waals surface area contributed by atoms with Gasteiger partial charge in [0.15, 0.2) is 0 Å². The zero-order chi connectivity index (χ0) is 46.1. The molecule has 4 rings (SSSR count). The van der Waals surface area contributed by atoms with Crippen LogP contribution in [0, 0.1) is 0 Å². The van der Waals surface area contributed by atoms with E-state index in [1.807, 2.05) is 36.4 Å². The van der Waals surface area contributed by atoms with Gasteiger partial charge in [-0.15, -0.1) is 0 Å². The third-order valence-electron chi connectivity index (χ3n) is 13.0. The maximum absolute atomic E-state index is 12.6. The van der Waals surface area contributed by atoms with Gasteiger partial charge in [0.1, 0.15) is 11.5 Å². The minimum atomic E-state index is 0. The van der Waals surface area contributed by atoms with Gasteiger partial charge in [0, 0.05) is 9.79 Å². The SMILES string of the molecule is CCCCCC(C)(C)c1ccc([O-])c(Sc2cc(C(C)(C)CCCCC)ccc2O)c1.CCCCCC(C)(C)c1ccc([O-])c(Sc2cc(C(C)(C)CCCCC)ccc2O)c1.[Ni+2]. The van der Waals surface area contributed by atoms with Crippen LogP contribution in [0.1, 0.15) is 208 Å². The maximum atomic E-state index is 12.6. The van der Waals surface area contributed by atoms with Crippen molar-refractivity contribution in [2.24, 2.45) is 0 Å². The van der Waals surface area contributed by atoms with Crippen molar-refractivity contribution in [1.82, 2.24) is 0 Å². The Morgan fingerprint density at radius 1 is 0.381 bits per heavy atom. The Bertz CT molecular complexity index is 1690. The summed E-state index contributed by atoms with van der Waals surface area (Å²) in [5.74, 6) is 0.519. The monoisotopic (exact) mass is 941 g/mol. The van der Waals surface area contributed by atoms with Crippen LogP contribution < -0.4 is 10.2 Å². The van der Waals surface area contributed by atoms with E-state index in [4.69, 9.17) is 0 Å². The average molecular weight is 942 g/mol. The van der Waals surface area contributed by atoms with Gasteiger partial charge < -0.3 is 20.4 Å². The number of hydrogen-bond acceptors (Lipinski definition) is 6. The Kier molecular flexibility index (Phi) is 23.7. The fraction of sp³-hybridized carbons (Fsp3) is 0.571. The van der Waals surface area contributed by atoms with E-state index >= 15 is 0 Å². The molecular weight excluding hydrogens is 859 g/mol. The van der Waals surface area contributed by atoms with E-state index in [1.54, 1.807) is 24.3 Å². The van der Waals surface area contributed by atoms with Crippen molar-refractivity contribution in [3.8, 4) is 23.0 Å².